The largest absolute Gasteiger partial charge is 0.368 e. The lowest BCUT2D eigenvalue weighted by molar-refractivity contribution is 0.412. The lowest BCUT2D eigenvalue weighted by Crippen LogP contribution is -2.06. The number of nitrogen functional groups attached to an aromatic ring is 1. The van der Waals surface area contributed by atoms with Gasteiger partial charge >= 0.3 is 0 Å². The number of aryl methyl sites for hydroxylation is 1. The molecule has 78 valence electrons. The highest BCUT2D eigenvalue weighted by Gasteiger charge is 2.02. The first-order valence-electron chi connectivity index (χ1n) is 4.48. The third-order valence-electron chi connectivity index (χ3n) is 1.92. The molecule has 3 N–H and O–H groups in total. The number of aromatic nitrogens is 3. The summed E-state index contributed by atoms with van der Waals surface area (Å²) in [4.78, 5) is 7.95. The Balaban J connectivity index is 2.07. The number of nitrogens with zero attached hydrogens (tertiary/aromatic N) is 3. The van der Waals surface area contributed by atoms with Gasteiger partial charge in [0.05, 0.1) is 6.54 Å². The molecule has 0 aromatic carbocycles. The molecule has 2 heterocycles. The quantitative estimate of drug-likeness (QED) is 0.775. The summed E-state index contributed by atoms with van der Waals surface area (Å²) < 4.78 is 4.71. The van der Waals surface area contributed by atoms with E-state index in [4.69, 9.17) is 10.3 Å². The average Bonchev–Trinajstić information content (AvgIpc) is 2.72. The van der Waals surface area contributed by atoms with Crippen LogP contribution in [0.3, 0.4) is 0 Å². The van der Waals surface area contributed by atoms with Gasteiger partial charge in [-0.1, -0.05) is 5.16 Å². The first-order valence-corrected chi connectivity index (χ1v) is 4.48. The van der Waals surface area contributed by atoms with Gasteiger partial charge in [-0.2, -0.15) is 4.98 Å². The van der Waals surface area contributed by atoms with Crippen molar-refractivity contribution in [3.8, 4) is 0 Å². The number of hydrogen-bond acceptors (Lipinski definition) is 6. The standard InChI is InChI=1S/C9H11N5O/c1-6-4-12-9(10)13-8(6)11-5-7-2-3-15-14-7/h2-4H,5H2,1H3,(H3,10,11,12,13). The minimum absolute atomic E-state index is 0.253. The van der Waals surface area contributed by atoms with Crippen molar-refractivity contribution in [1.29, 1.82) is 0 Å². The number of nitrogens with two attached hydrogens (primary N) is 1. The van der Waals surface area contributed by atoms with Crippen LogP contribution in [0.4, 0.5) is 11.8 Å². The molecular formula is C9H11N5O. The molecule has 2 rings (SSSR count). The second-order valence-corrected chi connectivity index (χ2v) is 3.10. The highest BCUT2D eigenvalue weighted by Crippen LogP contribution is 2.11. The molecule has 0 radical (unpaired) electrons. The van der Waals surface area contributed by atoms with E-state index in [1.807, 2.05) is 6.92 Å². The maximum atomic E-state index is 5.48. The lowest BCUT2D eigenvalue weighted by atomic mass is 10.3. The molecule has 0 aliphatic heterocycles. The van der Waals surface area contributed by atoms with Gasteiger partial charge in [0.1, 0.15) is 17.8 Å². The monoisotopic (exact) mass is 205 g/mol. The molecule has 0 unspecified atom stereocenters. The summed E-state index contributed by atoms with van der Waals surface area (Å²) in [5.74, 6) is 0.966. The molecule has 15 heavy (non-hydrogen) atoms. The molecule has 0 saturated carbocycles. The molecule has 0 aliphatic carbocycles. The second kappa shape index (κ2) is 3.95. The summed E-state index contributed by atoms with van der Waals surface area (Å²) in [6.07, 6.45) is 3.20. The number of rotatable bonds is 3. The van der Waals surface area contributed by atoms with Crippen molar-refractivity contribution in [2.24, 2.45) is 0 Å². The van der Waals surface area contributed by atoms with Crippen molar-refractivity contribution in [2.45, 2.75) is 13.5 Å². The smallest absolute Gasteiger partial charge is 0.221 e. The highest BCUT2D eigenvalue weighted by molar-refractivity contribution is 5.45. The van der Waals surface area contributed by atoms with Crippen LogP contribution in [-0.2, 0) is 6.54 Å². The Morgan fingerprint density at radius 3 is 3.13 bits per heavy atom. The van der Waals surface area contributed by atoms with Crippen LogP contribution in [-0.4, -0.2) is 15.1 Å². The van der Waals surface area contributed by atoms with Gasteiger partial charge in [0.25, 0.3) is 0 Å². The van der Waals surface area contributed by atoms with Crippen molar-refractivity contribution < 1.29 is 4.52 Å². The van der Waals surface area contributed by atoms with Crippen LogP contribution >= 0.6 is 0 Å². The molecule has 0 bridgehead atoms. The summed E-state index contributed by atoms with van der Waals surface area (Å²) >= 11 is 0. The molecule has 0 fully saturated rings. The van der Waals surface area contributed by atoms with Crippen LogP contribution in [0.5, 0.6) is 0 Å². The van der Waals surface area contributed by atoms with Crippen LogP contribution in [0.25, 0.3) is 0 Å². The fourth-order valence-electron chi connectivity index (χ4n) is 1.14. The third kappa shape index (κ3) is 2.22. The van der Waals surface area contributed by atoms with Crippen molar-refractivity contribution in [1.82, 2.24) is 15.1 Å². The summed E-state index contributed by atoms with van der Waals surface area (Å²) in [5.41, 5.74) is 7.23. The van der Waals surface area contributed by atoms with Gasteiger partial charge in [0.15, 0.2) is 0 Å². The summed E-state index contributed by atoms with van der Waals surface area (Å²) in [6.45, 7) is 2.46. The van der Waals surface area contributed by atoms with E-state index in [1.54, 1.807) is 12.3 Å². The molecule has 0 spiro atoms. The average molecular weight is 205 g/mol. The van der Waals surface area contributed by atoms with Gasteiger partial charge in [-0.15, -0.1) is 0 Å². The van der Waals surface area contributed by atoms with Crippen LogP contribution in [0.1, 0.15) is 11.3 Å². The molecule has 0 atom stereocenters. The predicted octanol–water partition coefficient (Wildman–Crippen LogP) is 0.967. The molecular weight excluding hydrogens is 194 g/mol. The Kier molecular flexibility index (Phi) is 2.49. The maximum Gasteiger partial charge on any atom is 0.221 e. The van der Waals surface area contributed by atoms with Crippen molar-refractivity contribution in [3.63, 3.8) is 0 Å². The van der Waals surface area contributed by atoms with E-state index < -0.39 is 0 Å². The Morgan fingerprint density at radius 1 is 1.53 bits per heavy atom. The van der Waals surface area contributed by atoms with Gasteiger partial charge in [0, 0.05) is 17.8 Å². The van der Waals surface area contributed by atoms with Gasteiger partial charge in [-0.25, -0.2) is 4.98 Å². The molecule has 2 aromatic heterocycles. The number of nitrogens with one attached hydrogen (secondary N) is 1. The second-order valence-electron chi connectivity index (χ2n) is 3.10. The van der Waals surface area contributed by atoms with E-state index in [-0.39, 0.29) is 5.95 Å². The third-order valence-corrected chi connectivity index (χ3v) is 1.92. The minimum Gasteiger partial charge on any atom is -0.368 e. The Labute approximate surface area is 86.5 Å². The van der Waals surface area contributed by atoms with E-state index >= 15 is 0 Å². The van der Waals surface area contributed by atoms with E-state index in [0.29, 0.717) is 12.4 Å². The van der Waals surface area contributed by atoms with E-state index in [0.717, 1.165) is 11.3 Å². The zero-order chi connectivity index (χ0) is 10.7. The molecule has 0 amide bonds. The van der Waals surface area contributed by atoms with Crippen LogP contribution in [0.2, 0.25) is 0 Å². The van der Waals surface area contributed by atoms with Crippen molar-refractivity contribution >= 4 is 11.8 Å². The molecule has 0 aliphatic rings. The number of anilines is 2. The van der Waals surface area contributed by atoms with Crippen molar-refractivity contribution in [3.05, 3.63) is 29.8 Å². The summed E-state index contributed by atoms with van der Waals surface area (Å²) in [5, 5.41) is 6.87. The fraction of sp³-hybridized carbons (Fsp3) is 0.222. The predicted molar refractivity (Wildman–Crippen MR) is 55.0 cm³/mol. The zero-order valence-electron chi connectivity index (χ0n) is 8.27. The maximum absolute atomic E-state index is 5.48. The fourth-order valence-corrected chi connectivity index (χ4v) is 1.14. The summed E-state index contributed by atoms with van der Waals surface area (Å²) in [6, 6.07) is 1.78. The van der Waals surface area contributed by atoms with E-state index in [2.05, 4.69) is 20.4 Å². The number of hydrogen-bond donors (Lipinski definition) is 2. The van der Waals surface area contributed by atoms with E-state index in [9.17, 15) is 0 Å². The minimum atomic E-state index is 0.253. The summed E-state index contributed by atoms with van der Waals surface area (Å²) in [7, 11) is 0. The first-order chi connectivity index (χ1) is 7.25. The van der Waals surface area contributed by atoms with Crippen LogP contribution < -0.4 is 11.1 Å². The molecule has 0 saturated heterocycles. The van der Waals surface area contributed by atoms with Gasteiger partial charge < -0.3 is 15.6 Å². The van der Waals surface area contributed by atoms with Crippen molar-refractivity contribution in [2.75, 3.05) is 11.1 Å². The van der Waals surface area contributed by atoms with E-state index in [1.165, 1.54) is 6.26 Å². The zero-order valence-corrected chi connectivity index (χ0v) is 8.27. The Bertz CT molecular complexity index is 440. The van der Waals surface area contributed by atoms with Crippen LogP contribution in [0.15, 0.2) is 23.0 Å². The Morgan fingerprint density at radius 2 is 2.40 bits per heavy atom. The van der Waals surface area contributed by atoms with Crippen LogP contribution in [0, 0.1) is 6.92 Å². The lowest BCUT2D eigenvalue weighted by Gasteiger charge is -2.06. The molecule has 6 nitrogen and oxygen atoms in total. The molecule has 2 aromatic rings. The van der Waals surface area contributed by atoms with Gasteiger partial charge in [-0.05, 0) is 6.92 Å². The topological polar surface area (TPSA) is 89.9 Å². The first kappa shape index (κ1) is 9.45. The normalized spacial score (nSPS) is 10.2. The molecule has 6 heteroatoms. The van der Waals surface area contributed by atoms with Gasteiger partial charge in [0.2, 0.25) is 5.95 Å². The Hall–Kier alpha value is -2.11. The SMILES string of the molecule is Cc1cnc(N)nc1NCc1ccon1. The van der Waals surface area contributed by atoms with Gasteiger partial charge in [-0.3, -0.25) is 0 Å². The highest BCUT2D eigenvalue weighted by atomic mass is 16.5.